The Bertz CT molecular complexity index is 176. The lowest BCUT2D eigenvalue weighted by molar-refractivity contribution is 0.277. The van der Waals surface area contributed by atoms with Crippen molar-refractivity contribution in [3.63, 3.8) is 0 Å². The molecule has 0 bridgehead atoms. The second kappa shape index (κ2) is 3.34. The van der Waals surface area contributed by atoms with Crippen molar-refractivity contribution in [1.82, 2.24) is 4.98 Å². The molecule has 0 aromatic carbocycles. The number of hydrogen-bond acceptors (Lipinski definition) is 3. The van der Waals surface area contributed by atoms with Gasteiger partial charge >= 0.3 is 7.48 Å². The highest BCUT2D eigenvalue weighted by atomic mass is 16.3. The van der Waals surface area contributed by atoms with Gasteiger partial charge in [-0.25, -0.2) is 0 Å². The summed E-state index contributed by atoms with van der Waals surface area (Å²) in [6.45, 7) is -0.0499. The number of aliphatic hydroxyl groups excluding tert-OH is 1. The van der Waals surface area contributed by atoms with Gasteiger partial charge < -0.3 is 10.1 Å². The molecular formula is C6H8BNO2. The molecule has 0 radical (unpaired) electrons. The number of nitrogens with zero attached hydrogens (tertiary/aromatic N) is 1. The average Bonchev–Trinajstić information content (AvgIpc) is 2.05. The Kier molecular flexibility index (Phi) is 2.42. The summed E-state index contributed by atoms with van der Waals surface area (Å²) >= 11 is 0. The first-order valence-electron chi connectivity index (χ1n) is 3.02. The first kappa shape index (κ1) is 7.24. The van der Waals surface area contributed by atoms with Crippen LogP contribution in [0.25, 0.3) is 0 Å². The Morgan fingerprint density at radius 2 is 2.30 bits per heavy atom. The van der Waals surface area contributed by atoms with E-state index in [1.807, 2.05) is 0 Å². The van der Waals surface area contributed by atoms with E-state index in [1.165, 1.54) is 0 Å². The van der Waals surface area contributed by atoms with E-state index in [4.69, 9.17) is 10.1 Å². The van der Waals surface area contributed by atoms with Gasteiger partial charge in [-0.2, -0.15) is 0 Å². The van der Waals surface area contributed by atoms with Crippen molar-refractivity contribution in [2.24, 2.45) is 0 Å². The van der Waals surface area contributed by atoms with Gasteiger partial charge in [0.1, 0.15) is 0 Å². The molecule has 52 valence electrons. The maximum Gasteiger partial charge on any atom is 0.306 e. The molecule has 0 aliphatic carbocycles. The normalized spacial score (nSPS) is 9.40. The minimum Gasteiger partial charge on any atom is -0.449 e. The molecule has 1 aromatic heterocycles. The number of hydrogen-bond donors (Lipinski definition) is 2. The highest BCUT2D eigenvalue weighted by molar-refractivity contribution is 6.45. The molecular weight excluding hydrogens is 129 g/mol. The Morgan fingerprint density at radius 1 is 1.50 bits per heavy atom. The largest absolute Gasteiger partial charge is 0.449 e. The highest BCUT2D eigenvalue weighted by Crippen LogP contribution is 1.88. The van der Waals surface area contributed by atoms with Crippen LogP contribution in [0.1, 0.15) is 5.69 Å². The van der Waals surface area contributed by atoms with E-state index in [0.717, 1.165) is 5.46 Å². The Hall–Kier alpha value is -0.865. The van der Waals surface area contributed by atoms with Crippen LogP contribution >= 0.6 is 0 Å². The van der Waals surface area contributed by atoms with Crippen LogP contribution in [0, 0.1) is 0 Å². The lowest BCUT2D eigenvalue weighted by atomic mass is 9.91. The summed E-state index contributed by atoms with van der Waals surface area (Å²) in [5.74, 6) is 0. The van der Waals surface area contributed by atoms with Crippen LogP contribution in [0.15, 0.2) is 18.3 Å². The van der Waals surface area contributed by atoms with Gasteiger partial charge in [0.2, 0.25) is 0 Å². The van der Waals surface area contributed by atoms with Gasteiger partial charge in [0.15, 0.2) is 0 Å². The van der Waals surface area contributed by atoms with Crippen LogP contribution in [0.3, 0.4) is 0 Å². The van der Waals surface area contributed by atoms with Gasteiger partial charge in [-0.15, -0.1) is 0 Å². The molecule has 3 nitrogen and oxygen atoms in total. The van der Waals surface area contributed by atoms with Crippen LogP contribution in [0.4, 0.5) is 0 Å². The zero-order chi connectivity index (χ0) is 7.40. The molecule has 0 fully saturated rings. The maximum absolute atomic E-state index is 8.60. The molecule has 0 aliphatic heterocycles. The van der Waals surface area contributed by atoms with Gasteiger partial charge in [0.25, 0.3) is 0 Å². The van der Waals surface area contributed by atoms with E-state index in [1.54, 1.807) is 18.3 Å². The van der Waals surface area contributed by atoms with E-state index in [-0.39, 0.29) is 14.1 Å². The molecule has 0 spiro atoms. The molecule has 10 heavy (non-hydrogen) atoms. The maximum atomic E-state index is 8.60. The van der Waals surface area contributed by atoms with E-state index < -0.39 is 0 Å². The molecule has 4 heteroatoms. The number of pyridine rings is 1. The van der Waals surface area contributed by atoms with Crippen LogP contribution < -0.4 is 5.46 Å². The minimum atomic E-state index is -0.0499. The summed E-state index contributed by atoms with van der Waals surface area (Å²) in [6, 6.07) is 3.42. The summed E-state index contributed by atoms with van der Waals surface area (Å²) in [7, 11) is -0.00128. The van der Waals surface area contributed by atoms with E-state index in [0.29, 0.717) is 5.69 Å². The molecule has 0 saturated carbocycles. The van der Waals surface area contributed by atoms with Gasteiger partial charge in [-0.1, -0.05) is 6.07 Å². The third kappa shape index (κ3) is 1.56. The third-order valence-corrected chi connectivity index (χ3v) is 1.23. The Balaban J connectivity index is 2.80. The fourth-order valence-electron chi connectivity index (χ4n) is 0.642. The van der Waals surface area contributed by atoms with Crippen LogP contribution in [-0.4, -0.2) is 22.6 Å². The van der Waals surface area contributed by atoms with Crippen molar-refractivity contribution in [2.75, 3.05) is 0 Å². The quantitative estimate of drug-likeness (QED) is 0.490. The van der Waals surface area contributed by atoms with Crippen molar-refractivity contribution < 1.29 is 10.1 Å². The molecule has 0 atom stereocenters. The van der Waals surface area contributed by atoms with Gasteiger partial charge in [-0.05, 0) is 11.5 Å². The standard InChI is InChI=1S/C6H8BNO2/c9-4-6-2-1-5(7-10)3-8-6/h1-3,7,9-10H,4H2. The Labute approximate surface area is 59.6 Å². The van der Waals surface area contributed by atoms with Gasteiger partial charge in [-0.3, -0.25) is 4.98 Å². The van der Waals surface area contributed by atoms with Gasteiger partial charge in [0.05, 0.1) is 12.3 Å². The molecule has 0 amide bonds. The summed E-state index contributed by atoms with van der Waals surface area (Å²) in [4.78, 5) is 3.86. The number of aromatic nitrogens is 1. The molecule has 0 unspecified atom stereocenters. The molecule has 1 rings (SSSR count). The smallest absolute Gasteiger partial charge is 0.306 e. The van der Waals surface area contributed by atoms with Gasteiger partial charge in [0, 0.05) is 6.20 Å². The third-order valence-electron chi connectivity index (χ3n) is 1.23. The summed E-state index contributed by atoms with van der Waals surface area (Å²) in [6.07, 6.45) is 1.55. The van der Waals surface area contributed by atoms with Crippen molar-refractivity contribution in [1.29, 1.82) is 0 Å². The second-order valence-corrected chi connectivity index (χ2v) is 1.97. The van der Waals surface area contributed by atoms with E-state index >= 15 is 0 Å². The SMILES string of the molecule is OBc1ccc(CO)nc1. The summed E-state index contributed by atoms with van der Waals surface area (Å²) in [5.41, 5.74) is 1.38. The van der Waals surface area contributed by atoms with Crippen LogP contribution in [-0.2, 0) is 6.61 Å². The lowest BCUT2D eigenvalue weighted by Crippen LogP contribution is -2.13. The zero-order valence-electron chi connectivity index (χ0n) is 5.49. The molecule has 2 N–H and O–H groups in total. The Morgan fingerprint density at radius 3 is 2.70 bits per heavy atom. The fourth-order valence-corrected chi connectivity index (χ4v) is 0.642. The monoisotopic (exact) mass is 137 g/mol. The highest BCUT2D eigenvalue weighted by Gasteiger charge is 1.93. The first-order valence-corrected chi connectivity index (χ1v) is 3.02. The molecule has 0 aliphatic rings. The predicted octanol–water partition coefficient (Wildman–Crippen LogP) is -1.46. The summed E-state index contributed by atoms with van der Waals surface area (Å²) in [5, 5.41) is 17.2. The number of rotatable bonds is 2. The van der Waals surface area contributed by atoms with Crippen LogP contribution in [0.5, 0.6) is 0 Å². The van der Waals surface area contributed by atoms with Crippen molar-refractivity contribution in [3.8, 4) is 0 Å². The molecule has 1 aromatic rings. The van der Waals surface area contributed by atoms with Crippen molar-refractivity contribution in [3.05, 3.63) is 24.0 Å². The predicted molar refractivity (Wildman–Crippen MR) is 39.2 cm³/mol. The van der Waals surface area contributed by atoms with Crippen molar-refractivity contribution >= 4 is 12.9 Å². The topological polar surface area (TPSA) is 53.4 Å². The first-order chi connectivity index (χ1) is 4.86. The second-order valence-electron chi connectivity index (χ2n) is 1.97. The fraction of sp³-hybridized carbons (Fsp3) is 0.167. The lowest BCUT2D eigenvalue weighted by Gasteiger charge is -1.94. The zero-order valence-corrected chi connectivity index (χ0v) is 5.49. The molecule has 0 saturated heterocycles. The van der Waals surface area contributed by atoms with E-state index in [9.17, 15) is 0 Å². The summed E-state index contributed by atoms with van der Waals surface area (Å²) < 4.78 is 0. The number of aliphatic hydroxyl groups is 1. The van der Waals surface area contributed by atoms with E-state index in [2.05, 4.69) is 4.98 Å². The average molecular weight is 137 g/mol. The van der Waals surface area contributed by atoms with Crippen molar-refractivity contribution in [2.45, 2.75) is 6.61 Å². The molecule has 1 heterocycles. The van der Waals surface area contributed by atoms with Crippen LogP contribution in [0.2, 0.25) is 0 Å². The minimum absolute atomic E-state index is 0.00128.